The number of H-pyrrole nitrogens is 1. The van der Waals surface area contributed by atoms with E-state index in [0.717, 1.165) is 5.56 Å². The van der Waals surface area contributed by atoms with Crippen molar-refractivity contribution in [2.24, 2.45) is 5.92 Å². The van der Waals surface area contributed by atoms with Gasteiger partial charge >= 0.3 is 5.97 Å². The van der Waals surface area contributed by atoms with E-state index in [1.165, 1.54) is 6.20 Å². The van der Waals surface area contributed by atoms with Crippen LogP contribution in [-0.4, -0.2) is 45.2 Å². The molecule has 1 amide bonds. The van der Waals surface area contributed by atoms with Gasteiger partial charge in [0.2, 0.25) is 0 Å². The summed E-state index contributed by atoms with van der Waals surface area (Å²) in [4.78, 5) is 25.2. The van der Waals surface area contributed by atoms with E-state index in [1.54, 1.807) is 29.2 Å². The van der Waals surface area contributed by atoms with Crippen LogP contribution in [0.5, 0.6) is 0 Å². The molecule has 8 heteroatoms. The van der Waals surface area contributed by atoms with Gasteiger partial charge < -0.3 is 10.0 Å². The Morgan fingerprint density at radius 3 is 2.61 bits per heavy atom. The molecule has 23 heavy (non-hydrogen) atoms. The van der Waals surface area contributed by atoms with Crippen molar-refractivity contribution in [3.63, 3.8) is 0 Å². The van der Waals surface area contributed by atoms with Gasteiger partial charge in [0.25, 0.3) is 5.91 Å². The molecular weight excluding hydrogens is 341 g/mol. The molecule has 0 radical (unpaired) electrons. The maximum atomic E-state index is 12.6. The molecule has 1 unspecified atom stereocenters. The van der Waals surface area contributed by atoms with Gasteiger partial charge in [0.15, 0.2) is 0 Å². The standard InChI is InChI=1S/C15H14ClN3O3.ClH/c16-11-3-1-9(2-4-11)13-12(7-17-18-13)14(20)19-6-5-10(8-19)15(21)22;/h1-4,7,10H,5-6,8H2,(H,17,18)(H,21,22);1H. The number of aromatic amines is 1. The van der Waals surface area contributed by atoms with Crippen LogP contribution in [0.15, 0.2) is 30.5 Å². The van der Waals surface area contributed by atoms with Gasteiger partial charge in [0.1, 0.15) is 0 Å². The molecule has 3 rings (SSSR count). The monoisotopic (exact) mass is 355 g/mol. The maximum Gasteiger partial charge on any atom is 0.308 e. The molecule has 0 saturated carbocycles. The molecule has 1 aromatic heterocycles. The zero-order valence-electron chi connectivity index (χ0n) is 12.0. The van der Waals surface area contributed by atoms with Crippen molar-refractivity contribution in [3.05, 3.63) is 41.0 Å². The van der Waals surface area contributed by atoms with Crippen molar-refractivity contribution in [1.29, 1.82) is 0 Å². The SMILES string of the molecule is Cl.O=C(O)C1CCN(C(=O)c2cn[nH]c2-c2ccc(Cl)cc2)C1. The maximum absolute atomic E-state index is 12.6. The minimum Gasteiger partial charge on any atom is -0.481 e. The third kappa shape index (κ3) is 3.48. The first kappa shape index (κ1) is 17.3. The van der Waals surface area contributed by atoms with Crippen LogP contribution in [0.4, 0.5) is 0 Å². The molecule has 122 valence electrons. The smallest absolute Gasteiger partial charge is 0.308 e. The molecule has 1 aromatic carbocycles. The predicted molar refractivity (Wildman–Crippen MR) is 87.9 cm³/mol. The lowest BCUT2D eigenvalue weighted by Crippen LogP contribution is -2.30. The molecule has 1 fully saturated rings. The summed E-state index contributed by atoms with van der Waals surface area (Å²) in [5.41, 5.74) is 1.85. The van der Waals surface area contributed by atoms with Crippen LogP contribution in [0.3, 0.4) is 0 Å². The summed E-state index contributed by atoms with van der Waals surface area (Å²) >= 11 is 5.87. The molecule has 1 aliphatic heterocycles. The van der Waals surface area contributed by atoms with E-state index in [4.69, 9.17) is 16.7 Å². The van der Waals surface area contributed by atoms with Crippen molar-refractivity contribution in [2.75, 3.05) is 13.1 Å². The molecule has 2 aromatic rings. The summed E-state index contributed by atoms with van der Waals surface area (Å²) < 4.78 is 0. The van der Waals surface area contributed by atoms with Crippen LogP contribution in [0, 0.1) is 5.92 Å². The number of carboxylic acid groups (broad SMARTS) is 1. The fourth-order valence-corrected chi connectivity index (χ4v) is 2.73. The summed E-state index contributed by atoms with van der Waals surface area (Å²) in [5, 5.41) is 16.4. The summed E-state index contributed by atoms with van der Waals surface area (Å²) in [6, 6.07) is 7.08. The van der Waals surface area contributed by atoms with Crippen LogP contribution in [0.25, 0.3) is 11.3 Å². The first-order valence-corrected chi connectivity index (χ1v) is 7.25. The Kier molecular flexibility index (Phi) is 5.28. The number of nitrogens with zero attached hydrogens (tertiary/aromatic N) is 2. The number of carbonyl (C=O) groups is 2. The van der Waals surface area contributed by atoms with Crippen LogP contribution >= 0.6 is 24.0 Å². The topological polar surface area (TPSA) is 86.3 Å². The fourth-order valence-electron chi connectivity index (χ4n) is 2.60. The van der Waals surface area contributed by atoms with Gasteiger partial charge in [-0.1, -0.05) is 23.7 Å². The van der Waals surface area contributed by atoms with E-state index in [0.29, 0.717) is 29.2 Å². The van der Waals surface area contributed by atoms with E-state index in [9.17, 15) is 9.59 Å². The zero-order chi connectivity index (χ0) is 15.7. The van der Waals surface area contributed by atoms with Crippen LogP contribution < -0.4 is 0 Å². The lowest BCUT2D eigenvalue weighted by molar-refractivity contribution is -0.141. The fraction of sp³-hybridized carbons (Fsp3) is 0.267. The Hall–Kier alpha value is -2.05. The van der Waals surface area contributed by atoms with Crippen LogP contribution in [0.2, 0.25) is 5.02 Å². The average molecular weight is 356 g/mol. The Labute approximate surface area is 143 Å². The van der Waals surface area contributed by atoms with Gasteiger partial charge in [-0.05, 0) is 18.6 Å². The predicted octanol–water partition coefficient (Wildman–Crippen LogP) is 2.70. The van der Waals surface area contributed by atoms with Gasteiger partial charge in [0, 0.05) is 23.7 Å². The number of aliphatic carboxylic acids is 1. The summed E-state index contributed by atoms with van der Waals surface area (Å²) in [6.07, 6.45) is 1.95. The van der Waals surface area contributed by atoms with Crippen molar-refractivity contribution in [1.82, 2.24) is 15.1 Å². The number of halogens is 2. The number of carboxylic acids is 1. The molecular formula is C15H15Cl2N3O3. The number of hydrogen-bond donors (Lipinski definition) is 2. The lowest BCUT2D eigenvalue weighted by Gasteiger charge is -2.15. The first-order valence-electron chi connectivity index (χ1n) is 6.87. The Bertz CT molecular complexity index is 715. The number of rotatable bonds is 3. The highest BCUT2D eigenvalue weighted by molar-refractivity contribution is 6.30. The van der Waals surface area contributed by atoms with E-state index in [2.05, 4.69) is 10.2 Å². The van der Waals surface area contributed by atoms with Gasteiger partial charge in [0.05, 0.1) is 23.4 Å². The lowest BCUT2D eigenvalue weighted by atomic mass is 10.1. The quantitative estimate of drug-likeness (QED) is 0.885. The Balaban J connectivity index is 0.00000192. The third-order valence-electron chi connectivity index (χ3n) is 3.83. The first-order chi connectivity index (χ1) is 10.6. The molecule has 2 N–H and O–H groups in total. The number of amides is 1. The molecule has 0 aliphatic carbocycles. The summed E-state index contributed by atoms with van der Waals surface area (Å²) in [7, 11) is 0. The number of benzene rings is 1. The van der Waals surface area contributed by atoms with E-state index in [-0.39, 0.29) is 24.9 Å². The molecule has 6 nitrogen and oxygen atoms in total. The second kappa shape index (κ2) is 7.02. The Morgan fingerprint density at radius 2 is 2.00 bits per heavy atom. The van der Waals surface area contributed by atoms with Crippen molar-refractivity contribution in [3.8, 4) is 11.3 Å². The van der Waals surface area contributed by atoms with Gasteiger partial charge in [-0.2, -0.15) is 5.10 Å². The number of aromatic nitrogens is 2. The molecule has 0 bridgehead atoms. The number of carbonyl (C=O) groups excluding carboxylic acids is 1. The highest BCUT2D eigenvalue weighted by Gasteiger charge is 2.32. The minimum absolute atomic E-state index is 0. The van der Waals surface area contributed by atoms with Gasteiger partial charge in [-0.15, -0.1) is 12.4 Å². The average Bonchev–Trinajstić information content (AvgIpc) is 3.17. The van der Waals surface area contributed by atoms with E-state index >= 15 is 0 Å². The number of nitrogens with one attached hydrogen (secondary N) is 1. The van der Waals surface area contributed by atoms with E-state index in [1.807, 2.05) is 0 Å². The highest BCUT2D eigenvalue weighted by atomic mass is 35.5. The molecule has 1 atom stereocenters. The molecule has 1 saturated heterocycles. The van der Waals surface area contributed by atoms with E-state index < -0.39 is 11.9 Å². The number of hydrogen-bond acceptors (Lipinski definition) is 3. The second-order valence-corrected chi connectivity index (χ2v) is 5.68. The van der Waals surface area contributed by atoms with Crippen molar-refractivity contribution < 1.29 is 14.7 Å². The summed E-state index contributed by atoms with van der Waals surface area (Å²) in [5.74, 6) is -1.56. The molecule has 0 spiro atoms. The summed E-state index contributed by atoms with van der Waals surface area (Å²) in [6.45, 7) is 0.681. The normalized spacial score (nSPS) is 16.9. The van der Waals surface area contributed by atoms with Gasteiger partial charge in [-0.3, -0.25) is 14.7 Å². The highest BCUT2D eigenvalue weighted by Crippen LogP contribution is 2.26. The Morgan fingerprint density at radius 1 is 1.30 bits per heavy atom. The number of likely N-dealkylation sites (tertiary alicyclic amines) is 1. The second-order valence-electron chi connectivity index (χ2n) is 5.24. The van der Waals surface area contributed by atoms with Crippen LogP contribution in [-0.2, 0) is 4.79 Å². The minimum atomic E-state index is -0.861. The molecule has 2 heterocycles. The van der Waals surface area contributed by atoms with Crippen LogP contribution in [0.1, 0.15) is 16.8 Å². The zero-order valence-corrected chi connectivity index (χ0v) is 13.6. The van der Waals surface area contributed by atoms with Crippen molar-refractivity contribution in [2.45, 2.75) is 6.42 Å². The molecule has 1 aliphatic rings. The largest absolute Gasteiger partial charge is 0.481 e. The third-order valence-corrected chi connectivity index (χ3v) is 4.08. The van der Waals surface area contributed by atoms with Crippen molar-refractivity contribution >= 4 is 35.9 Å². The van der Waals surface area contributed by atoms with Gasteiger partial charge in [-0.25, -0.2) is 0 Å².